The van der Waals surface area contributed by atoms with Gasteiger partial charge < -0.3 is 44.5 Å². The van der Waals surface area contributed by atoms with Crippen molar-refractivity contribution in [3.63, 3.8) is 0 Å². The molecule has 1 fully saturated rings. The normalized spacial score (nSPS) is 22.4. The van der Waals surface area contributed by atoms with Crippen LogP contribution >= 0.6 is 23.5 Å². The summed E-state index contributed by atoms with van der Waals surface area (Å²) in [5.41, 5.74) is 6.61. The molecule has 6 atom stereocenters. The van der Waals surface area contributed by atoms with Gasteiger partial charge in [-0.25, -0.2) is 23.7 Å². The van der Waals surface area contributed by atoms with Gasteiger partial charge in [0.1, 0.15) is 30.1 Å². The number of fused-ring (bicyclic) bond motifs is 1. The fourth-order valence-electron chi connectivity index (χ4n) is 4.88. The monoisotopic (exact) mass is 711 g/mol. The Bertz CT molecular complexity index is 1740. The first-order valence-electron chi connectivity index (χ1n) is 13.2. The van der Waals surface area contributed by atoms with Gasteiger partial charge in [-0.05, 0) is 11.5 Å². The van der Waals surface area contributed by atoms with Crippen LogP contribution in [0.1, 0.15) is 50.7 Å². The summed E-state index contributed by atoms with van der Waals surface area (Å²) in [6.45, 7) is 4.64. The Labute approximate surface area is 260 Å². The lowest BCUT2D eigenvalue weighted by Gasteiger charge is -2.30. The third-order valence-electron chi connectivity index (χ3n) is 6.66. The van der Waals surface area contributed by atoms with Crippen molar-refractivity contribution in [3.8, 4) is 0 Å². The summed E-state index contributed by atoms with van der Waals surface area (Å²) in [7, 11) is -16.8. The predicted octanol–water partition coefficient (Wildman–Crippen LogP) is 3.22. The van der Waals surface area contributed by atoms with E-state index in [2.05, 4.69) is 23.1 Å². The first kappa shape index (κ1) is 36.2. The Hall–Kier alpha value is -2.67. The number of para-hydroxylation sites is 1. The highest BCUT2D eigenvalue weighted by atomic mass is 31.3. The molecule has 2 aromatic heterocycles. The number of hydrogen-bond donors (Lipinski definition) is 6. The topological polar surface area (TPSA) is 298 Å². The average molecular weight is 711 g/mol. The Morgan fingerprint density at radius 1 is 1.13 bits per heavy atom. The summed E-state index contributed by atoms with van der Waals surface area (Å²) < 4.78 is 60.1. The van der Waals surface area contributed by atoms with Crippen LogP contribution in [0.15, 0.2) is 36.8 Å². The highest BCUT2D eigenvalue weighted by Crippen LogP contribution is 2.66. The third-order valence-corrected chi connectivity index (χ3v) is 10.5. The number of ether oxygens (including phenoxy) is 2. The molecule has 3 aromatic rings. The number of nitro groups is 1. The van der Waals surface area contributed by atoms with Crippen LogP contribution in [-0.4, -0.2) is 63.0 Å². The van der Waals surface area contributed by atoms with Crippen LogP contribution in [0.5, 0.6) is 0 Å². The van der Waals surface area contributed by atoms with Gasteiger partial charge >= 0.3 is 23.5 Å². The van der Waals surface area contributed by atoms with E-state index in [1.807, 2.05) is 20.8 Å². The number of aliphatic hydroxyl groups is 1. The molecule has 0 radical (unpaired) electrons. The summed E-state index contributed by atoms with van der Waals surface area (Å²) in [6.07, 6.45) is -1.61. The summed E-state index contributed by atoms with van der Waals surface area (Å²) in [4.78, 5) is 56.0. The second-order valence-corrected chi connectivity index (χ2v) is 15.6. The lowest BCUT2D eigenvalue weighted by molar-refractivity contribution is -0.386. The second-order valence-electron chi connectivity index (χ2n) is 11.2. The summed E-state index contributed by atoms with van der Waals surface area (Å²) in [5.74, 6) is 0.0862. The standard InChI is InChI=1S/C23H32N5O15P3/c1-23(2,3)20(14-6-4-5-7-15(14)28(30)31)39-10-13-9-27(22-19(13)21(24)25-12-26-22)18-8-16(29)17(41-18)11-40-45(35,36)43-46(37,38)42-44(32,33)34/h4-7,9,12,16-18,20,29H,8,10-11H2,1-3H3,(H,35,36)(H,37,38)(H2,24,25,26)(H2,32,33,34)/t16?,17-,18-,20-/m1/s1. The number of nitro benzene ring substituents is 1. The second kappa shape index (κ2) is 13.4. The number of aliphatic hydroxyl groups excluding tert-OH is 1. The lowest BCUT2D eigenvalue weighted by Crippen LogP contribution is -2.26. The molecule has 254 valence electrons. The zero-order valence-corrected chi connectivity index (χ0v) is 27.1. The molecule has 46 heavy (non-hydrogen) atoms. The summed E-state index contributed by atoms with van der Waals surface area (Å²) >= 11 is 0. The van der Waals surface area contributed by atoms with E-state index < -0.39 is 65.0 Å². The van der Waals surface area contributed by atoms with E-state index in [1.54, 1.807) is 24.4 Å². The SMILES string of the molecule is CC(C)(C)[C@H](OCc1cn([C@H]2CC(O)[C@@H](COP(=O)(O)OP(=O)(O)OP(=O)(O)O)O2)c2ncnc(N)c12)c1ccccc1[N+](=O)[O-]. The Morgan fingerprint density at radius 2 is 1.80 bits per heavy atom. The first-order valence-corrected chi connectivity index (χ1v) is 17.8. The van der Waals surface area contributed by atoms with Crippen LogP contribution in [0, 0.1) is 15.5 Å². The molecule has 1 aliphatic heterocycles. The van der Waals surface area contributed by atoms with E-state index in [1.165, 1.54) is 17.0 Å². The van der Waals surface area contributed by atoms with Gasteiger partial charge in [0.15, 0.2) is 0 Å². The molecule has 20 nitrogen and oxygen atoms in total. The minimum absolute atomic E-state index is 0.0862. The number of aromatic nitrogens is 3. The highest BCUT2D eigenvalue weighted by Gasteiger charge is 2.43. The van der Waals surface area contributed by atoms with Crippen molar-refractivity contribution >= 4 is 46.0 Å². The molecular formula is C23H32N5O15P3. The number of benzene rings is 1. The van der Waals surface area contributed by atoms with Crippen LogP contribution in [0.3, 0.4) is 0 Å². The molecule has 0 bridgehead atoms. The molecule has 1 aliphatic rings. The number of rotatable bonds is 13. The van der Waals surface area contributed by atoms with Crippen molar-refractivity contribution in [3.05, 3.63) is 58.0 Å². The van der Waals surface area contributed by atoms with Gasteiger partial charge in [0, 0.05) is 24.2 Å². The molecule has 1 aromatic carbocycles. The number of nitrogen functional groups attached to an aromatic ring is 1. The van der Waals surface area contributed by atoms with Gasteiger partial charge in [-0.1, -0.05) is 32.9 Å². The number of phosphoric acid groups is 3. The van der Waals surface area contributed by atoms with E-state index >= 15 is 0 Å². The predicted molar refractivity (Wildman–Crippen MR) is 156 cm³/mol. The van der Waals surface area contributed by atoms with Crippen molar-refractivity contribution in [2.24, 2.45) is 5.41 Å². The summed E-state index contributed by atoms with van der Waals surface area (Å²) in [6, 6.07) is 6.23. The molecule has 3 heterocycles. The van der Waals surface area contributed by atoms with Crippen molar-refractivity contribution in [2.45, 2.75) is 58.3 Å². The van der Waals surface area contributed by atoms with Gasteiger partial charge in [0.2, 0.25) is 0 Å². The molecule has 0 spiro atoms. The minimum Gasteiger partial charge on any atom is -0.390 e. The maximum Gasteiger partial charge on any atom is 0.490 e. The van der Waals surface area contributed by atoms with Crippen molar-refractivity contribution in [1.29, 1.82) is 0 Å². The maximum absolute atomic E-state index is 12.1. The maximum atomic E-state index is 12.1. The Kier molecular flexibility index (Phi) is 10.6. The highest BCUT2D eigenvalue weighted by molar-refractivity contribution is 7.66. The van der Waals surface area contributed by atoms with E-state index in [9.17, 15) is 38.7 Å². The quantitative estimate of drug-likeness (QED) is 0.0842. The van der Waals surface area contributed by atoms with E-state index in [4.69, 9.17) is 25.0 Å². The van der Waals surface area contributed by atoms with Gasteiger partial charge in [-0.15, -0.1) is 0 Å². The Balaban J connectivity index is 1.54. The molecule has 0 amide bonds. The average Bonchev–Trinajstić information content (AvgIpc) is 3.45. The smallest absolute Gasteiger partial charge is 0.390 e. The fraction of sp³-hybridized carbons (Fsp3) is 0.478. The molecule has 4 rings (SSSR count). The zero-order valence-electron chi connectivity index (χ0n) is 24.4. The number of anilines is 1. The van der Waals surface area contributed by atoms with E-state index in [0.29, 0.717) is 16.5 Å². The number of phosphoric ester groups is 1. The van der Waals surface area contributed by atoms with Crippen LogP contribution in [0.2, 0.25) is 0 Å². The number of hydrogen-bond acceptors (Lipinski definition) is 14. The number of nitrogens with zero attached hydrogens (tertiary/aromatic N) is 4. The number of nitrogens with two attached hydrogens (primary N) is 1. The Morgan fingerprint density at radius 3 is 2.43 bits per heavy atom. The molecule has 0 aliphatic carbocycles. The van der Waals surface area contributed by atoms with Crippen molar-refractivity contribution in [1.82, 2.24) is 14.5 Å². The minimum atomic E-state index is -5.73. The summed E-state index contributed by atoms with van der Waals surface area (Å²) in [5, 5.41) is 22.7. The lowest BCUT2D eigenvalue weighted by atomic mass is 9.84. The van der Waals surface area contributed by atoms with Crippen molar-refractivity contribution < 1.29 is 65.9 Å². The van der Waals surface area contributed by atoms with Gasteiger partial charge in [0.05, 0.1) is 41.3 Å². The van der Waals surface area contributed by atoms with Crippen LogP contribution in [-0.2, 0) is 42.9 Å². The van der Waals surface area contributed by atoms with E-state index in [-0.39, 0.29) is 30.2 Å². The fourth-order valence-corrected chi connectivity index (χ4v) is 7.91. The largest absolute Gasteiger partial charge is 0.490 e. The molecule has 3 unspecified atom stereocenters. The molecule has 23 heteroatoms. The van der Waals surface area contributed by atoms with Crippen LogP contribution < -0.4 is 5.73 Å². The molecule has 0 saturated carbocycles. The van der Waals surface area contributed by atoms with Gasteiger partial charge in [0.25, 0.3) is 5.69 Å². The van der Waals surface area contributed by atoms with Crippen LogP contribution in [0.4, 0.5) is 11.5 Å². The molecular weight excluding hydrogens is 679 g/mol. The van der Waals surface area contributed by atoms with Gasteiger partial charge in [-0.3, -0.25) is 14.6 Å². The molecule has 7 N–H and O–H groups in total. The molecule has 1 saturated heterocycles. The van der Waals surface area contributed by atoms with Crippen LogP contribution in [0.25, 0.3) is 11.0 Å². The van der Waals surface area contributed by atoms with Crippen molar-refractivity contribution in [2.75, 3.05) is 12.3 Å². The van der Waals surface area contributed by atoms with E-state index in [0.717, 1.165) is 0 Å². The first-order chi connectivity index (χ1) is 21.2. The van der Waals surface area contributed by atoms with Gasteiger partial charge in [-0.2, -0.15) is 8.62 Å². The zero-order chi connectivity index (χ0) is 34.2. The third kappa shape index (κ3) is 8.81.